The first-order valence-corrected chi connectivity index (χ1v) is 7.11. The molecule has 1 atom stereocenters. The van der Waals surface area contributed by atoms with Gasteiger partial charge >= 0.3 is 0 Å². The van der Waals surface area contributed by atoms with Crippen molar-refractivity contribution in [3.63, 3.8) is 0 Å². The minimum atomic E-state index is -1.05. The van der Waals surface area contributed by atoms with E-state index in [1.807, 2.05) is 0 Å². The maximum atomic E-state index is 10.5. The molecule has 2 aromatic carbocycles. The molecule has 0 amide bonds. The number of rotatable bonds is 3. The van der Waals surface area contributed by atoms with Gasteiger partial charge in [0.2, 0.25) is 0 Å². The maximum absolute atomic E-state index is 10.5. The van der Waals surface area contributed by atoms with Crippen molar-refractivity contribution in [3.8, 4) is 5.75 Å². The fraction of sp³-hybridized carbons (Fsp3) is 0.143. The van der Waals surface area contributed by atoms with Crippen LogP contribution in [0.3, 0.4) is 0 Å². The Morgan fingerprint density at radius 3 is 2.05 bits per heavy atom. The van der Waals surface area contributed by atoms with Gasteiger partial charge in [-0.3, -0.25) is 0 Å². The lowest BCUT2D eigenvalue weighted by Crippen LogP contribution is -2.03. The fourth-order valence-electron chi connectivity index (χ4n) is 1.82. The second-order valence-corrected chi connectivity index (χ2v) is 5.73. The summed E-state index contributed by atoms with van der Waals surface area (Å²) in [5.41, 5.74) is 0.850. The minimum Gasteiger partial charge on any atom is -0.497 e. The molecular weight excluding hydrogens is 342 g/mol. The number of benzene rings is 2. The Balaban J connectivity index is 2.50. The van der Waals surface area contributed by atoms with Crippen molar-refractivity contribution < 1.29 is 9.84 Å². The molecule has 0 aliphatic rings. The van der Waals surface area contributed by atoms with E-state index in [1.165, 1.54) is 7.11 Å². The second kappa shape index (κ2) is 6.42. The summed E-state index contributed by atoms with van der Waals surface area (Å²) < 4.78 is 5.06. The third-order valence-electron chi connectivity index (χ3n) is 2.82. The van der Waals surface area contributed by atoms with Crippen LogP contribution < -0.4 is 4.74 Å². The Bertz CT molecular complexity index is 620. The van der Waals surface area contributed by atoms with E-state index >= 15 is 0 Å². The molecule has 0 aliphatic heterocycles. The number of halogens is 4. The monoisotopic (exact) mass is 350 g/mol. The quantitative estimate of drug-likeness (QED) is 0.803. The van der Waals surface area contributed by atoms with Crippen molar-refractivity contribution in [3.05, 3.63) is 61.5 Å². The zero-order valence-electron chi connectivity index (χ0n) is 10.3. The fourth-order valence-corrected chi connectivity index (χ4v) is 3.00. The lowest BCUT2D eigenvalue weighted by Gasteiger charge is -2.17. The molecule has 0 aromatic heterocycles. The number of hydrogen-bond acceptors (Lipinski definition) is 2. The average molecular weight is 352 g/mol. The molecule has 20 heavy (non-hydrogen) atoms. The first-order chi connectivity index (χ1) is 9.43. The Hall–Kier alpha value is -0.640. The SMILES string of the molecule is COc1cc(Cl)c([C@@H](O)c2ccc(Cl)cc2Cl)c(Cl)c1. The van der Waals surface area contributed by atoms with Gasteiger partial charge in [-0.05, 0) is 24.3 Å². The van der Waals surface area contributed by atoms with Crippen LogP contribution in [0.5, 0.6) is 5.75 Å². The molecule has 0 fully saturated rings. The molecule has 1 N–H and O–H groups in total. The van der Waals surface area contributed by atoms with Crippen molar-refractivity contribution >= 4 is 46.4 Å². The highest BCUT2D eigenvalue weighted by Crippen LogP contribution is 2.39. The van der Waals surface area contributed by atoms with Crippen LogP contribution in [0, 0.1) is 0 Å². The summed E-state index contributed by atoms with van der Waals surface area (Å²) in [6, 6.07) is 7.97. The van der Waals surface area contributed by atoms with E-state index in [9.17, 15) is 5.11 Å². The van der Waals surface area contributed by atoms with Crippen LogP contribution in [0.25, 0.3) is 0 Å². The third kappa shape index (κ3) is 3.16. The molecule has 2 aromatic rings. The molecule has 0 radical (unpaired) electrons. The summed E-state index contributed by atoms with van der Waals surface area (Å²) in [4.78, 5) is 0. The smallest absolute Gasteiger partial charge is 0.121 e. The topological polar surface area (TPSA) is 29.5 Å². The number of hydrogen-bond donors (Lipinski definition) is 1. The highest BCUT2D eigenvalue weighted by molar-refractivity contribution is 6.37. The van der Waals surface area contributed by atoms with Gasteiger partial charge in [0.25, 0.3) is 0 Å². The molecule has 0 saturated carbocycles. The van der Waals surface area contributed by atoms with Crippen LogP contribution in [0.15, 0.2) is 30.3 Å². The van der Waals surface area contributed by atoms with Crippen molar-refractivity contribution in [1.82, 2.24) is 0 Å². The van der Waals surface area contributed by atoms with E-state index in [-0.39, 0.29) is 0 Å². The van der Waals surface area contributed by atoms with Gasteiger partial charge in [0.05, 0.1) is 17.2 Å². The zero-order valence-corrected chi connectivity index (χ0v) is 13.4. The Labute approximate surface area is 136 Å². The van der Waals surface area contributed by atoms with Crippen LogP contribution in [0.2, 0.25) is 20.1 Å². The second-order valence-electron chi connectivity index (χ2n) is 4.07. The van der Waals surface area contributed by atoms with Gasteiger partial charge in [0.1, 0.15) is 11.9 Å². The van der Waals surface area contributed by atoms with E-state index in [0.717, 1.165) is 0 Å². The van der Waals surface area contributed by atoms with E-state index < -0.39 is 6.10 Å². The summed E-state index contributed by atoms with van der Waals surface area (Å²) in [6.45, 7) is 0. The Morgan fingerprint density at radius 2 is 1.55 bits per heavy atom. The lowest BCUT2D eigenvalue weighted by atomic mass is 10.0. The molecule has 0 heterocycles. The van der Waals surface area contributed by atoms with Gasteiger partial charge in [0.15, 0.2) is 0 Å². The summed E-state index contributed by atoms with van der Waals surface area (Å²) in [5, 5.41) is 11.9. The zero-order chi connectivity index (χ0) is 14.9. The highest BCUT2D eigenvalue weighted by Gasteiger charge is 2.21. The van der Waals surface area contributed by atoms with Gasteiger partial charge in [0, 0.05) is 21.2 Å². The van der Waals surface area contributed by atoms with E-state index in [2.05, 4.69) is 0 Å². The van der Waals surface area contributed by atoms with Crippen molar-refractivity contribution in [2.75, 3.05) is 7.11 Å². The first kappa shape index (κ1) is 15.7. The largest absolute Gasteiger partial charge is 0.497 e. The molecular formula is C14H10Cl4O2. The summed E-state index contributed by atoms with van der Waals surface area (Å²) >= 11 is 24.2. The molecule has 0 saturated heterocycles. The Morgan fingerprint density at radius 1 is 0.950 bits per heavy atom. The van der Waals surface area contributed by atoms with Crippen molar-refractivity contribution in [2.45, 2.75) is 6.10 Å². The van der Waals surface area contributed by atoms with Crippen LogP contribution in [0.1, 0.15) is 17.2 Å². The van der Waals surface area contributed by atoms with E-state index in [1.54, 1.807) is 30.3 Å². The number of ether oxygens (including phenoxy) is 1. The molecule has 0 spiro atoms. The van der Waals surface area contributed by atoms with Crippen molar-refractivity contribution in [1.29, 1.82) is 0 Å². The van der Waals surface area contributed by atoms with Gasteiger partial charge in [-0.25, -0.2) is 0 Å². The van der Waals surface area contributed by atoms with Gasteiger partial charge in [-0.1, -0.05) is 52.5 Å². The third-order valence-corrected chi connectivity index (χ3v) is 4.01. The molecule has 0 aliphatic carbocycles. The summed E-state index contributed by atoms with van der Waals surface area (Å²) in [5.74, 6) is 0.512. The predicted octanol–water partition coefficient (Wildman–Crippen LogP) is 5.39. The molecule has 2 rings (SSSR count). The number of aliphatic hydroxyl groups is 1. The Kier molecular flexibility index (Phi) is 5.05. The van der Waals surface area contributed by atoms with E-state index in [4.69, 9.17) is 51.1 Å². The summed E-state index contributed by atoms with van der Waals surface area (Å²) in [7, 11) is 1.51. The molecule has 0 bridgehead atoms. The van der Waals surface area contributed by atoms with Gasteiger partial charge < -0.3 is 9.84 Å². The van der Waals surface area contributed by atoms with Crippen molar-refractivity contribution in [2.24, 2.45) is 0 Å². The molecule has 0 unspecified atom stereocenters. The predicted molar refractivity (Wildman–Crippen MR) is 83.5 cm³/mol. The lowest BCUT2D eigenvalue weighted by molar-refractivity contribution is 0.220. The molecule has 6 heteroatoms. The summed E-state index contributed by atoms with van der Waals surface area (Å²) in [6.07, 6.45) is -1.05. The van der Waals surface area contributed by atoms with E-state index in [0.29, 0.717) is 37.0 Å². The minimum absolute atomic E-state index is 0.299. The number of methoxy groups -OCH3 is 1. The molecule has 2 nitrogen and oxygen atoms in total. The van der Waals surface area contributed by atoms with Gasteiger partial charge in [-0.2, -0.15) is 0 Å². The van der Waals surface area contributed by atoms with Crippen LogP contribution in [-0.4, -0.2) is 12.2 Å². The van der Waals surface area contributed by atoms with Gasteiger partial charge in [-0.15, -0.1) is 0 Å². The van der Waals surface area contributed by atoms with Crippen LogP contribution in [-0.2, 0) is 0 Å². The van der Waals surface area contributed by atoms with Crippen LogP contribution in [0.4, 0.5) is 0 Å². The number of aliphatic hydroxyl groups excluding tert-OH is 1. The average Bonchev–Trinajstić information content (AvgIpc) is 2.37. The standard InChI is InChI=1S/C14H10Cl4O2/c1-20-8-5-11(17)13(12(18)6-8)14(19)9-3-2-7(15)4-10(9)16/h2-6,14,19H,1H3/t14-/m0/s1. The maximum Gasteiger partial charge on any atom is 0.121 e. The highest BCUT2D eigenvalue weighted by atomic mass is 35.5. The first-order valence-electron chi connectivity index (χ1n) is 5.60. The normalized spacial score (nSPS) is 12.3. The molecule has 106 valence electrons. The van der Waals surface area contributed by atoms with Crippen LogP contribution >= 0.6 is 46.4 Å².